The van der Waals surface area contributed by atoms with Crippen molar-refractivity contribution in [3.05, 3.63) is 71.6 Å². The lowest BCUT2D eigenvalue weighted by atomic mass is 9.85. The lowest BCUT2D eigenvalue weighted by molar-refractivity contribution is 0.413. The van der Waals surface area contributed by atoms with Gasteiger partial charge in [-0.2, -0.15) is 0 Å². The smallest absolute Gasteiger partial charge is 0.230 e. The Kier molecular flexibility index (Phi) is 6.59. The first-order valence-electron chi connectivity index (χ1n) is 11.6. The van der Waals surface area contributed by atoms with Crippen molar-refractivity contribution in [3.63, 3.8) is 0 Å². The zero-order chi connectivity index (χ0) is 24.6. The van der Waals surface area contributed by atoms with Gasteiger partial charge in [-0.3, -0.25) is 0 Å². The molecular formula is C29H32N2O2S. The monoisotopic (exact) mass is 472 g/mol. The van der Waals surface area contributed by atoms with Gasteiger partial charge in [0.15, 0.2) is 0 Å². The van der Waals surface area contributed by atoms with Gasteiger partial charge in [-0.25, -0.2) is 9.97 Å². The number of nitrogens with zero attached hydrogens (tertiary/aromatic N) is 2. The number of benzene rings is 2. The second kappa shape index (κ2) is 9.30. The van der Waals surface area contributed by atoms with Crippen LogP contribution in [0.2, 0.25) is 0 Å². The Balaban J connectivity index is 1.91. The van der Waals surface area contributed by atoms with Crippen molar-refractivity contribution < 1.29 is 9.52 Å². The minimum absolute atomic E-state index is 0.0256. The lowest BCUT2D eigenvalue weighted by Crippen LogP contribution is -2.12. The third-order valence-electron chi connectivity index (χ3n) is 5.94. The Bertz CT molecular complexity index is 1400. The fraction of sp³-hybridized carbons (Fsp3) is 0.310. The molecule has 0 bridgehead atoms. The molecule has 0 aliphatic heterocycles. The van der Waals surface area contributed by atoms with Gasteiger partial charge in [-0.05, 0) is 71.1 Å². The molecule has 0 spiro atoms. The molecule has 0 aliphatic rings. The summed E-state index contributed by atoms with van der Waals surface area (Å²) in [6.07, 6.45) is 2.36. The van der Waals surface area contributed by atoms with Gasteiger partial charge >= 0.3 is 0 Å². The number of hydrogen-bond acceptors (Lipinski definition) is 5. The molecule has 4 aromatic rings. The number of fused-ring (bicyclic) bond motifs is 3. The number of thioether (sulfide) groups is 1. The molecule has 1 N–H and O–H groups in total. The van der Waals surface area contributed by atoms with E-state index in [9.17, 15) is 5.11 Å². The topological polar surface area (TPSA) is 59.2 Å². The van der Waals surface area contributed by atoms with Gasteiger partial charge < -0.3 is 9.52 Å². The van der Waals surface area contributed by atoms with Crippen LogP contribution in [0.15, 0.2) is 69.8 Å². The average Bonchev–Trinajstić information content (AvgIpc) is 3.15. The minimum atomic E-state index is -0.0256. The standard InChI is InChI=1S/C29H32N2O2S/c1-8-34-25-12-10-20(14-23(25)29(5,6)7)27-26-21-11-9-19(22(18(4)32)13-17(2)3)15-24(21)33-28(26)31-16-30-27/h8-12,14-17,32H,1,13H2,2-7H3/b22-18-. The second-order valence-electron chi connectivity index (χ2n) is 10.1. The summed E-state index contributed by atoms with van der Waals surface area (Å²) >= 11 is 1.64. The number of aliphatic hydroxyl groups excluding tert-OH is 1. The number of rotatable bonds is 6. The van der Waals surface area contributed by atoms with E-state index in [2.05, 4.69) is 81.5 Å². The molecule has 34 heavy (non-hydrogen) atoms. The van der Waals surface area contributed by atoms with E-state index in [4.69, 9.17) is 4.42 Å². The van der Waals surface area contributed by atoms with Crippen LogP contribution in [0.1, 0.15) is 59.1 Å². The van der Waals surface area contributed by atoms with E-state index in [0.29, 0.717) is 17.4 Å². The van der Waals surface area contributed by atoms with Crippen molar-refractivity contribution in [2.75, 3.05) is 0 Å². The van der Waals surface area contributed by atoms with Gasteiger partial charge in [-0.1, -0.05) is 65.1 Å². The predicted molar refractivity (Wildman–Crippen MR) is 144 cm³/mol. The Morgan fingerprint density at radius 3 is 2.56 bits per heavy atom. The van der Waals surface area contributed by atoms with Crippen LogP contribution < -0.4 is 0 Å². The van der Waals surface area contributed by atoms with Gasteiger partial charge in [0, 0.05) is 15.8 Å². The van der Waals surface area contributed by atoms with E-state index in [1.807, 2.05) is 11.5 Å². The van der Waals surface area contributed by atoms with Crippen LogP contribution in [-0.4, -0.2) is 15.1 Å². The van der Waals surface area contributed by atoms with Crippen molar-refractivity contribution in [1.82, 2.24) is 9.97 Å². The van der Waals surface area contributed by atoms with Crippen molar-refractivity contribution in [3.8, 4) is 11.3 Å². The van der Waals surface area contributed by atoms with Gasteiger partial charge in [0.2, 0.25) is 5.71 Å². The molecule has 0 saturated carbocycles. The molecule has 0 atom stereocenters. The summed E-state index contributed by atoms with van der Waals surface area (Å²) in [5.74, 6) is 0.775. The largest absolute Gasteiger partial charge is 0.512 e. The van der Waals surface area contributed by atoms with Gasteiger partial charge in [0.05, 0.1) is 16.8 Å². The van der Waals surface area contributed by atoms with Gasteiger partial charge in [0.1, 0.15) is 11.9 Å². The molecule has 2 heterocycles. The Morgan fingerprint density at radius 1 is 1.15 bits per heavy atom. The maximum absolute atomic E-state index is 10.3. The van der Waals surface area contributed by atoms with Crippen molar-refractivity contribution in [2.24, 2.45) is 5.92 Å². The molecule has 0 fully saturated rings. The van der Waals surface area contributed by atoms with E-state index in [0.717, 1.165) is 45.2 Å². The molecule has 2 aromatic heterocycles. The van der Waals surface area contributed by atoms with Crippen LogP contribution in [0.4, 0.5) is 0 Å². The highest BCUT2D eigenvalue weighted by molar-refractivity contribution is 8.02. The van der Waals surface area contributed by atoms with Crippen LogP contribution in [0.5, 0.6) is 0 Å². The predicted octanol–water partition coefficient (Wildman–Crippen LogP) is 8.91. The highest BCUT2D eigenvalue weighted by atomic mass is 32.2. The van der Waals surface area contributed by atoms with Crippen molar-refractivity contribution >= 4 is 39.4 Å². The third-order valence-corrected chi connectivity index (χ3v) is 6.72. The van der Waals surface area contributed by atoms with E-state index in [-0.39, 0.29) is 5.41 Å². The zero-order valence-corrected chi connectivity index (χ0v) is 21.6. The summed E-state index contributed by atoms with van der Waals surface area (Å²) in [4.78, 5) is 10.3. The van der Waals surface area contributed by atoms with E-state index >= 15 is 0 Å². The maximum Gasteiger partial charge on any atom is 0.230 e. The number of allylic oxidation sites excluding steroid dienone is 2. The van der Waals surface area contributed by atoms with Gasteiger partial charge in [-0.15, -0.1) is 0 Å². The fourth-order valence-corrected chi connectivity index (χ4v) is 5.17. The molecule has 0 unspecified atom stereocenters. The van der Waals surface area contributed by atoms with Crippen molar-refractivity contribution in [1.29, 1.82) is 0 Å². The molecule has 5 heteroatoms. The fourth-order valence-electron chi connectivity index (χ4n) is 4.35. The van der Waals surface area contributed by atoms with Crippen LogP contribution in [-0.2, 0) is 5.41 Å². The number of aromatic nitrogens is 2. The first-order valence-corrected chi connectivity index (χ1v) is 12.5. The van der Waals surface area contributed by atoms with Crippen LogP contribution in [0.25, 0.3) is 38.9 Å². The molecule has 0 aliphatic carbocycles. The molecule has 2 aromatic carbocycles. The minimum Gasteiger partial charge on any atom is -0.512 e. The van der Waals surface area contributed by atoms with E-state index < -0.39 is 0 Å². The summed E-state index contributed by atoms with van der Waals surface area (Å²) in [5, 5.41) is 14.0. The second-order valence-corrected chi connectivity index (χ2v) is 11.1. The SMILES string of the molecule is C=CSc1ccc(-c2ncnc3oc4cc(/C(CC(C)C)=C(/C)O)ccc4c23)cc1C(C)(C)C. The highest BCUT2D eigenvalue weighted by Crippen LogP contribution is 2.40. The lowest BCUT2D eigenvalue weighted by Gasteiger charge is -2.23. The van der Waals surface area contributed by atoms with Crippen LogP contribution in [0, 0.1) is 5.92 Å². The first kappa shape index (κ1) is 24.1. The summed E-state index contributed by atoms with van der Waals surface area (Å²) in [5.41, 5.74) is 6.32. The molecule has 4 rings (SSSR count). The number of furan rings is 1. The summed E-state index contributed by atoms with van der Waals surface area (Å²) in [7, 11) is 0. The summed E-state index contributed by atoms with van der Waals surface area (Å²) < 4.78 is 6.18. The normalized spacial score (nSPS) is 13.0. The quantitative estimate of drug-likeness (QED) is 0.224. The first-order chi connectivity index (χ1) is 16.1. The molecule has 176 valence electrons. The third kappa shape index (κ3) is 4.62. The van der Waals surface area contributed by atoms with Gasteiger partial charge in [0.25, 0.3) is 0 Å². The van der Waals surface area contributed by atoms with E-state index in [1.54, 1.807) is 25.0 Å². The molecule has 0 amide bonds. The summed E-state index contributed by atoms with van der Waals surface area (Å²) in [6.45, 7) is 16.6. The zero-order valence-electron chi connectivity index (χ0n) is 20.8. The Morgan fingerprint density at radius 2 is 1.91 bits per heavy atom. The van der Waals surface area contributed by atoms with Crippen molar-refractivity contribution in [2.45, 2.75) is 58.3 Å². The van der Waals surface area contributed by atoms with Crippen LogP contribution in [0.3, 0.4) is 0 Å². The maximum atomic E-state index is 10.3. The molecule has 0 saturated heterocycles. The average molecular weight is 473 g/mol. The number of aliphatic hydroxyl groups is 1. The number of hydrogen-bond donors (Lipinski definition) is 1. The van der Waals surface area contributed by atoms with Crippen LogP contribution >= 0.6 is 11.8 Å². The Hall–Kier alpha value is -3.05. The summed E-state index contributed by atoms with van der Waals surface area (Å²) in [6, 6.07) is 12.6. The van der Waals surface area contributed by atoms with E-state index in [1.165, 1.54) is 10.5 Å². The molecular weight excluding hydrogens is 440 g/mol. The molecule has 4 nitrogen and oxygen atoms in total. The highest BCUT2D eigenvalue weighted by Gasteiger charge is 2.21. The Labute approximate surface area is 205 Å². The molecule has 0 radical (unpaired) electrons.